The minimum atomic E-state index is 0.0521. The molecule has 3 rings (SSSR count). The molecule has 1 N–H and O–H groups in total. The van der Waals surface area contributed by atoms with Crippen LogP contribution in [0.1, 0.15) is 29.8 Å². The van der Waals surface area contributed by atoms with Gasteiger partial charge in [-0.15, -0.1) is 0 Å². The first-order valence-electron chi connectivity index (χ1n) is 7.92. The van der Waals surface area contributed by atoms with E-state index in [1.165, 1.54) is 11.3 Å². The van der Waals surface area contributed by atoms with Crippen LogP contribution in [0.4, 0.5) is 0 Å². The van der Waals surface area contributed by atoms with E-state index in [4.69, 9.17) is 9.72 Å². The van der Waals surface area contributed by atoms with Crippen molar-refractivity contribution in [3.8, 4) is 0 Å². The van der Waals surface area contributed by atoms with Crippen molar-refractivity contribution in [2.75, 3.05) is 20.3 Å². The zero-order chi connectivity index (χ0) is 15.5. The molecule has 1 amide bonds. The van der Waals surface area contributed by atoms with Crippen LogP contribution in [0.15, 0.2) is 18.3 Å². The smallest absolute Gasteiger partial charge is 0.223 e. The number of imidazole rings is 1. The van der Waals surface area contributed by atoms with Crippen molar-refractivity contribution in [3.63, 3.8) is 0 Å². The lowest BCUT2D eigenvalue weighted by Crippen LogP contribution is -2.35. The predicted molar refractivity (Wildman–Crippen MR) is 84.9 cm³/mol. The van der Waals surface area contributed by atoms with Crippen molar-refractivity contribution < 1.29 is 9.53 Å². The van der Waals surface area contributed by atoms with E-state index in [0.717, 1.165) is 37.0 Å². The first-order chi connectivity index (χ1) is 10.7. The standard InChI is InChI=1S/C17H23N3O2/c1-12-6-8-20-15-11-13(17(21)18-7-3-9-22-2)4-5-14(15)19-16(20)10-12/h6,8,10,13H,3-5,7,9,11H2,1-2H3,(H,18,21). The minimum Gasteiger partial charge on any atom is -0.385 e. The molecule has 1 atom stereocenters. The number of carbonyl (C=O) groups is 1. The lowest BCUT2D eigenvalue weighted by molar-refractivity contribution is -0.125. The number of aromatic nitrogens is 2. The molecule has 2 heterocycles. The molecule has 0 aliphatic heterocycles. The van der Waals surface area contributed by atoms with Crippen LogP contribution in [-0.2, 0) is 22.4 Å². The summed E-state index contributed by atoms with van der Waals surface area (Å²) in [5, 5.41) is 3.02. The zero-order valence-corrected chi connectivity index (χ0v) is 13.3. The van der Waals surface area contributed by atoms with Crippen LogP contribution in [0.2, 0.25) is 0 Å². The van der Waals surface area contributed by atoms with E-state index in [-0.39, 0.29) is 11.8 Å². The van der Waals surface area contributed by atoms with Crippen molar-refractivity contribution in [1.29, 1.82) is 0 Å². The number of ether oxygens (including phenoxy) is 1. The second kappa shape index (κ2) is 6.48. The highest BCUT2D eigenvalue weighted by Gasteiger charge is 2.27. The summed E-state index contributed by atoms with van der Waals surface area (Å²) in [6.45, 7) is 3.44. The molecule has 118 valence electrons. The molecule has 0 saturated carbocycles. The maximum Gasteiger partial charge on any atom is 0.223 e. The molecule has 2 aromatic heterocycles. The molecule has 1 unspecified atom stereocenters. The summed E-state index contributed by atoms with van der Waals surface area (Å²) in [6, 6.07) is 4.18. The summed E-state index contributed by atoms with van der Waals surface area (Å²) >= 11 is 0. The molecular formula is C17H23N3O2. The Morgan fingerprint density at radius 1 is 1.55 bits per heavy atom. The van der Waals surface area contributed by atoms with Gasteiger partial charge in [0.2, 0.25) is 5.91 Å². The number of methoxy groups -OCH3 is 1. The molecule has 0 fully saturated rings. The molecule has 5 heteroatoms. The fraction of sp³-hybridized carbons (Fsp3) is 0.529. The maximum absolute atomic E-state index is 12.3. The molecule has 1 aliphatic rings. The lowest BCUT2D eigenvalue weighted by atomic mass is 9.89. The van der Waals surface area contributed by atoms with Crippen molar-refractivity contribution in [2.45, 2.75) is 32.6 Å². The maximum atomic E-state index is 12.3. The van der Waals surface area contributed by atoms with Gasteiger partial charge in [0.15, 0.2) is 0 Å². The van der Waals surface area contributed by atoms with Gasteiger partial charge in [-0.25, -0.2) is 4.98 Å². The second-order valence-electron chi connectivity index (χ2n) is 6.01. The molecule has 0 radical (unpaired) electrons. The Balaban J connectivity index is 1.70. The Hall–Kier alpha value is -1.88. The monoisotopic (exact) mass is 301 g/mol. The highest BCUT2D eigenvalue weighted by Crippen LogP contribution is 2.26. The van der Waals surface area contributed by atoms with Gasteiger partial charge in [-0.05, 0) is 43.9 Å². The molecular weight excluding hydrogens is 278 g/mol. The third-order valence-electron chi connectivity index (χ3n) is 4.33. The first kappa shape index (κ1) is 15.0. The Labute approximate surface area is 130 Å². The van der Waals surface area contributed by atoms with Crippen LogP contribution in [0.5, 0.6) is 0 Å². The highest BCUT2D eigenvalue weighted by atomic mass is 16.5. The minimum absolute atomic E-state index is 0.0521. The summed E-state index contributed by atoms with van der Waals surface area (Å²) in [6.07, 6.45) is 5.46. The number of rotatable bonds is 5. The van der Waals surface area contributed by atoms with Crippen molar-refractivity contribution >= 4 is 11.6 Å². The van der Waals surface area contributed by atoms with Gasteiger partial charge in [-0.2, -0.15) is 0 Å². The van der Waals surface area contributed by atoms with E-state index in [9.17, 15) is 4.79 Å². The molecule has 0 saturated heterocycles. The third-order valence-corrected chi connectivity index (χ3v) is 4.33. The van der Waals surface area contributed by atoms with Crippen LogP contribution in [0.25, 0.3) is 5.65 Å². The van der Waals surface area contributed by atoms with E-state index in [1.54, 1.807) is 7.11 Å². The molecule has 5 nitrogen and oxygen atoms in total. The number of fused-ring (bicyclic) bond motifs is 3. The van der Waals surface area contributed by atoms with Crippen LogP contribution in [0.3, 0.4) is 0 Å². The molecule has 2 aromatic rings. The van der Waals surface area contributed by atoms with Gasteiger partial charge in [-0.1, -0.05) is 0 Å². The van der Waals surface area contributed by atoms with Gasteiger partial charge < -0.3 is 14.5 Å². The largest absolute Gasteiger partial charge is 0.385 e. The molecule has 22 heavy (non-hydrogen) atoms. The average Bonchev–Trinajstić information content (AvgIpc) is 2.87. The van der Waals surface area contributed by atoms with E-state index in [1.807, 2.05) is 0 Å². The Morgan fingerprint density at radius 3 is 3.23 bits per heavy atom. The first-order valence-corrected chi connectivity index (χ1v) is 7.92. The van der Waals surface area contributed by atoms with Gasteiger partial charge in [0.1, 0.15) is 5.65 Å². The Kier molecular flexibility index (Phi) is 4.43. The third kappa shape index (κ3) is 2.99. The molecule has 0 aromatic carbocycles. The SMILES string of the molecule is COCCCNC(=O)C1CCc2nc3cc(C)ccn3c2C1. The summed E-state index contributed by atoms with van der Waals surface area (Å²) < 4.78 is 7.13. The number of hydrogen-bond acceptors (Lipinski definition) is 3. The number of nitrogens with one attached hydrogen (secondary N) is 1. The summed E-state index contributed by atoms with van der Waals surface area (Å²) in [4.78, 5) is 17.0. The molecule has 0 spiro atoms. The van der Waals surface area contributed by atoms with Gasteiger partial charge in [0.05, 0.1) is 5.69 Å². The lowest BCUT2D eigenvalue weighted by Gasteiger charge is -2.21. The van der Waals surface area contributed by atoms with Crippen LogP contribution >= 0.6 is 0 Å². The topological polar surface area (TPSA) is 55.6 Å². The molecule has 1 aliphatic carbocycles. The van der Waals surface area contributed by atoms with Crippen LogP contribution in [-0.4, -0.2) is 35.6 Å². The number of carbonyl (C=O) groups excluding carboxylic acids is 1. The quantitative estimate of drug-likeness (QED) is 0.858. The number of pyridine rings is 1. The second-order valence-corrected chi connectivity index (χ2v) is 6.01. The van der Waals surface area contributed by atoms with Crippen LogP contribution < -0.4 is 5.32 Å². The fourth-order valence-electron chi connectivity index (χ4n) is 3.10. The number of amides is 1. The summed E-state index contributed by atoms with van der Waals surface area (Å²) in [5.41, 5.74) is 4.54. The highest BCUT2D eigenvalue weighted by molar-refractivity contribution is 5.79. The summed E-state index contributed by atoms with van der Waals surface area (Å²) in [5.74, 6) is 0.208. The Bertz CT molecular complexity index is 678. The van der Waals surface area contributed by atoms with Crippen molar-refractivity contribution in [3.05, 3.63) is 35.3 Å². The zero-order valence-electron chi connectivity index (χ0n) is 13.3. The van der Waals surface area contributed by atoms with E-state index >= 15 is 0 Å². The summed E-state index contributed by atoms with van der Waals surface area (Å²) in [7, 11) is 1.68. The normalized spacial score (nSPS) is 17.5. The number of hydrogen-bond donors (Lipinski definition) is 1. The average molecular weight is 301 g/mol. The van der Waals surface area contributed by atoms with Crippen LogP contribution in [0, 0.1) is 12.8 Å². The van der Waals surface area contributed by atoms with E-state index in [0.29, 0.717) is 13.2 Å². The molecule has 0 bridgehead atoms. The van der Waals surface area contributed by atoms with Crippen molar-refractivity contribution in [2.24, 2.45) is 5.92 Å². The van der Waals surface area contributed by atoms with E-state index in [2.05, 4.69) is 35.0 Å². The van der Waals surface area contributed by atoms with Gasteiger partial charge in [0.25, 0.3) is 0 Å². The fourth-order valence-corrected chi connectivity index (χ4v) is 3.10. The van der Waals surface area contributed by atoms with Gasteiger partial charge in [-0.3, -0.25) is 4.79 Å². The van der Waals surface area contributed by atoms with Crippen molar-refractivity contribution in [1.82, 2.24) is 14.7 Å². The number of nitrogens with zero attached hydrogens (tertiary/aromatic N) is 2. The van der Waals surface area contributed by atoms with Gasteiger partial charge >= 0.3 is 0 Å². The predicted octanol–water partition coefficient (Wildman–Crippen LogP) is 1.90. The van der Waals surface area contributed by atoms with Gasteiger partial charge in [0, 0.05) is 44.5 Å². The number of aryl methyl sites for hydroxylation is 2. The van der Waals surface area contributed by atoms with E-state index < -0.39 is 0 Å². The Morgan fingerprint density at radius 2 is 2.41 bits per heavy atom.